The molecule has 1 heterocycles. The molecule has 1 aromatic heterocycles. The van der Waals surface area contributed by atoms with Gasteiger partial charge in [-0.1, -0.05) is 17.7 Å². The van der Waals surface area contributed by atoms with Crippen LogP contribution in [-0.4, -0.2) is 9.91 Å². The van der Waals surface area contributed by atoms with Crippen LogP contribution < -0.4 is 0 Å². The van der Waals surface area contributed by atoms with Gasteiger partial charge in [0.2, 0.25) is 5.89 Å². The Balaban J connectivity index is 2.18. The number of rotatable bonds is 2. The molecule has 3 rings (SSSR count). The maximum Gasteiger partial charge on any atom is 0.271 e. The zero-order chi connectivity index (χ0) is 14.3. The molecule has 5 nitrogen and oxygen atoms in total. The molecule has 0 saturated carbocycles. The van der Waals surface area contributed by atoms with E-state index in [1.54, 1.807) is 12.1 Å². The number of nitrogens with zero attached hydrogens (tertiary/aromatic N) is 2. The fraction of sp³-hybridized carbons (Fsp3) is 0.0714. The van der Waals surface area contributed by atoms with Crippen molar-refractivity contribution in [2.24, 2.45) is 0 Å². The molecule has 0 aliphatic heterocycles. The van der Waals surface area contributed by atoms with Gasteiger partial charge in [0.1, 0.15) is 5.52 Å². The smallest absolute Gasteiger partial charge is 0.271 e. The Kier molecular flexibility index (Phi) is 2.91. The molecule has 0 atom stereocenters. The van der Waals surface area contributed by atoms with Gasteiger partial charge in [0.05, 0.1) is 4.92 Å². The number of halogens is 1. The van der Waals surface area contributed by atoms with Gasteiger partial charge in [0.25, 0.3) is 5.69 Å². The first-order chi connectivity index (χ1) is 9.56. The Hall–Kier alpha value is -2.40. The lowest BCUT2D eigenvalue weighted by Crippen LogP contribution is -1.86. The minimum absolute atomic E-state index is 0.0137. The molecule has 0 fully saturated rings. The molecule has 2 aromatic carbocycles. The first kappa shape index (κ1) is 12.6. The van der Waals surface area contributed by atoms with Crippen LogP contribution in [0.5, 0.6) is 0 Å². The predicted molar refractivity (Wildman–Crippen MR) is 75.8 cm³/mol. The number of oxazole rings is 1. The number of hydrogen-bond donors (Lipinski definition) is 0. The molecule has 0 amide bonds. The number of nitro groups is 1. The largest absolute Gasteiger partial charge is 0.436 e. The molecular weight excluding hydrogens is 280 g/mol. The highest BCUT2D eigenvalue weighted by molar-refractivity contribution is 6.31. The van der Waals surface area contributed by atoms with Crippen molar-refractivity contribution < 1.29 is 9.34 Å². The van der Waals surface area contributed by atoms with Crippen LogP contribution in [0.25, 0.3) is 22.6 Å². The second-order valence-corrected chi connectivity index (χ2v) is 4.75. The van der Waals surface area contributed by atoms with Gasteiger partial charge in [-0.05, 0) is 30.7 Å². The summed E-state index contributed by atoms with van der Waals surface area (Å²) in [6.07, 6.45) is 0. The molecular formula is C14H9ClN2O3. The first-order valence-electron chi connectivity index (χ1n) is 5.87. The van der Waals surface area contributed by atoms with Crippen molar-refractivity contribution in [1.29, 1.82) is 0 Å². The van der Waals surface area contributed by atoms with E-state index in [4.69, 9.17) is 16.0 Å². The van der Waals surface area contributed by atoms with Gasteiger partial charge in [-0.25, -0.2) is 4.98 Å². The van der Waals surface area contributed by atoms with E-state index in [0.29, 0.717) is 22.0 Å². The van der Waals surface area contributed by atoms with E-state index >= 15 is 0 Å². The maximum absolute atomic E-state index is 10.7. The van der Waals surface area contributed by atoms with E-state index in [1.165, 1.54) is 12.1 Å². The van der Waals surface area contributed by atoms with E-state index < -0.39 is 4.92 Å². The number of benzene rings is 2. The van der Waals surface area contributed by atoms with Gasteiger partial charge in [0.15, 0.2) is 5.58 Å². The van der Waals surface area contributed by atoms with Crippen LogP contribution in [-0.2, 0) is 0 Å². The van der Waals surface area contributed by atoms with Crippen LogP contribution >= 0.6 is 11.6 Å². The number of non-ortho nitro benzene ring substituents is 1. The number of hydrogen-bond acceptors (Lipinski definition) is 4. The van der Waals surface area contributed by atoms with Crippen molar-refractivity contribution >= 4 is 28.4 Å². The van der Waals surface area contributed by atoms with Gasteiger partial charge >= 0.3 is 0 Å². The summed E-state index contributed by atoms with van der Waals surface area (Å²) in [5, 5.41) is 11.4. The lowest BCUT2D eigenvalue weighted by Gasteiger charge is -2.02. The summed E-state index contributed by atoms with van der Waals surface area (Å²) in [5.74, 6) is 0.403. The Morgan fingerprint density at radius 3 is 2.85 bits per heavy atom. The molecule has 3 aromatic rings. The molecule has 0 spiro atoms. The average molecular weight is 289 g/mol. The van der Waals surface area contributed by atoms with E-state index in [9.17, 15) is 10.1 Å². The fourth-order valence-corrected chi connectivity index (χ4v) is 2.16. The lowest BCUT2D eigenvalue weighted by atomic mass is 10.1. The highest BCUT2D eigenvalue weighted by Crippen LogP contribution is 2.31. The zero-order valence-electron chi connectivity index (χ0n) is 10.5. The van der Waals surface area contributed by atoms with Crippen molar-refractivity contribution in [3.63, 3.8) is 0 Å². The summed E-state index contributed by atoms with van der Waals surface area (Å²) in [5.41, 5.74) is 2.57. The van der Waals surface area contributed by atoms with Gasteiger partial charge in [-0.3, -0.25) is 10.1 Å². The van der Waals surface area contributed by atoms with E-state index in [0.717, 1.165) is 11.1 Å². The van der Waals surface area contributed by atoms with Crippen molar-refractivity contribution in [3.05, 3.63) is 57.1 Å². The van der Waals surface area contributed by atoms with Gasteiger partial charge < -0.3 is 4.42 Å². The Labute approximate surface area is 119 Å². The third-order valence-corrected chi connectivity index (χ3v) is 3.49. The second kappa shape index (κ2) is 4.61. The summed E-state index contributed by atoms with van der Waals surface area (Å²) < 4.78 is 5.63. The van der Waals surface area contributed by atoms with Gasteiger partial charge in [-0.2, -0.15) is 0 Å². The summed E-state index contributed by atoms with van der Waals surface area (Å²) >= 11 is 6.07. The maximum atomic E-state index is 10.7. The molecule has 0 N–H and O–H groups in total. The standard InChI is InChI=1S/C14H9ClN2O3/c1-8-10(3-2-4-11(8)15)14-16-12-7-9(17(18)19)5-6-13(12)20-14/h2-7H,1H3. The topological polar surface area (TPSA) is 69.2 Å². The fourth-order valence-electron chi connectivity index (χ4n) is 1.98. The third kappa shape index (κ3) is 2.02. The van der Waals surface area contributed by atoms with Gasteiger partial charge in [-0.15, -0.1) is 0 Å². The van der Waals surface area contributed by atoms with Crippen LogP contribution in [0.15, 0.2) is 40.8 Å². The molecule has 100 valence electrons. The molecule has 0 aliphatic carbocycles. The summed E-state index contributed by atoms with van der Waals surface area (Å²) in [4.78, 5) is 14.6. The van der Waals surface area contributed by atoms with E-state index in [2.05, 4.69) is 4.98 Å². The minimum Gasteiger partial charge on any atom is -0.436 e. The summed E-state index contributed by atoms with van der Waals surface area (Å²) in [6.45, 7) is 1.87. The Morgan fingerprint density at radius 2 is 2.10 bits per heavy atom. The average Bonchev–Trinajstić information content (AvgIpc) is 2.84. The number of aromatic nitrogens is 1. The number of nitro benzene ring substituents is 1. The quantitative estimate of drug-likeness (QED) is 0.519. The van der Waals surface area contributed by atoms with Crippen molar-refractivity contribution in [2.75, 3.05) is 0 Å². The molecule has 0 unspecified atom stereocenters. The van der Waals surface area contributed by atoms with E-state index in [1.807, 2.05) is 19.1 Å². The third-order valence-electron chi connectivity index (χ3n) is 3.08. The zero-order valence-corrected chi connectivity index (χ0v) is 11.2. The summed E-state index contributed by atoms with van der Waals surface area (Å²) in [7, 11) is 0. The molecule has 0 radical (unpaired) electrons. The predicted octanol–water partition coefficient (Wildman–Crippen LogP) is 4.36. The highest BCUT2D eigenvalue weighted by Gasteiger charge is 2.14. The van der Waals surface area contributed by atoms with Crippen LogP contribution in [0.1, 0.15) is 5.56 Å². The van der Waals surface area contributed by atoms with E-state index in [-0.39, 0.29) is 5.69 Å². The normalized spacial score (nSPS) is 10.9. The van der Waals surface area contributed by atoms with Crippen molar-refractivity contribution in [3.8, 4) is 11.5 Å². The lowest BCUT2D eigenvalue weighted by molar-refractivity contribution is -0.384. The number of fused-ring (bicyclic) bond motifs is 1. The molecule has 6 heteroatoms. The van der Waals surface area contributed by atoms with Crippen LogP contribution in [0.2, 0.25) is 5.02 Å². The second-order valence-electron chi connectivity index (χ2n) is 4.34. The van der Waals surface area contributed by atoms with Crippen molar-refractivity contribution in [2.45, 2.75) is 6.92 Å². The minimum atomic E-state index is -0.460. The molecule has 0 aliphatic rings. The first-order valence-corrected chi connectivity index (χ1v) is 6.24. The van der Waals surface area contributed by atoms with Crippen LogP contribution in [0.3, 0.4) is 0 Å². The molecule has 20 heavy (non-hydrogen) atoms. The highest BCUT2D eigenvalue weighted by atomic mass is 35.5. The van der Waals surface area contributed by atoms with Crippen LogP contribution in [0.4, 0.5) is 5.69 Å². The monoisotopic (exact) mass is 288 g/mol. The summed E-state index contributed by atoms with van der Waals surface area (Å²) in [6, 6.07) is 9.77. The molecule has 0 bridgehead atoms. The van der Waals surface area contributed by atoms with Crippen LogP contribution in [0, 0.1) is 17.0 Å². The Morgan fingerprint density at radius 1 is 1.30 bits per heavy atom. The van der Waals surface area contributed by atoms with Crippen molar-refractivity contribution in [1.82, 2.24) is 4.98 Å². The molecule has 0 saturated heterocycles. The SMILES string of the molecule is Cc1c(Cl)cccc1-c1nc2cc([N+](=O)[O-])ccc2o1. The van der Waals surface area contributed by atoms with Gasteiger partial charge in [0, 0.05) is 22.7 Å². The Bertz CT molecular complexity index is 826.